The number of aliphatic imine (C=N–C) groups is 1. The van der Waals surface area contributed by atoms with Crippen LogP contribution >= 0.6 is 11.8 Å². The lowest BCUT2D eigenvalue weighted by Crippen LogP contribution is -2.48. The maximum atomic E-state index is 13.5. The minimum Gasteiger partial charge on any atom is -0.324 e. The van der Waals surface area contributed by atoms with E-state index >= 15 is 0 Å². The van der Waals surface area contributed by atoms with Crippen LogP contribution in [0.4, 0.5) is 18.9 Å². The van der Waals surface area contributed by atoms with Gasteiger partial charge in [-0.05, 0) is 12.1 Å². The molecule has 3 rings (SSSR count). The van der Waals surface area contributed by atoms with Crippen LogP contribution in [0.2, 0.25) is 0 Å². The van der Waals surface area contributed by atoms with Crippen molar-refractivity contribution in [3.63, 3.8) is 0 Å². The number of amides is 3. The average molecular weight is 440 g/mol. The number of nitrogens with one attached hydrogen (secondary N) is 3. The van der Waals surface area contributed by atoms with Gasteiger partial charge in [0, 0.05) is 10.8 Å². The lowest BCUT2D eigenvalue weighted by molar-refractivity contribution is -0.139. The normalized spacial score (nSPS) is 17.0. The number of carbonyl (C=O) groups is 3. The Bertz CT molecular complexity index is 1020. The van der Waals surface area contributed by atoms with Gasteiger partial charge in [-0.25, -0.2) is 0 Å². The van der Waals surface area contributed by atoms with Crippen molar-refractivity contribution in [1.29, 1.82) is 0 Å². The summed E-state index contributed by atoms with van der Waals surface area (Å²) >= 11 is 1.11. The number of aromatic amines is 1. The van der Waals surface area contributed by atoms with E-state index in [0.29, 0.717) is 0 Å². The van der Waals surface area contributed by atoms with Crippen LogP contribution in [0.25, 0.3) is 11.3 Å². The van der Waals surface area contributed by atoms with Gasteiger partial charge in [0.25, 0.3) is 5.91 Å². The highest BCUT2D eigenvalue weighted by molar-refractivity contribution is 8.14. The van der Waals surface area contributed by atoms with Gasteiger partial charge in [0.15, 0.2) is 11.1 Å². The summed E-state index contributed by atoms with van der Waals surface area (Å²) in [4.78, 5) is 40.4. The first-order chi connectivity index (χ1) is 14.1. The number of thioether (sulfide) groups is 1. The second-order valence-electron chi connectivity index (χ2n) is 6.45. The molecule has 0 saturated heterocycles. The predicted octanol–water partition coefficient (Wildman–Crippen LogP) is 2.20. The number of halogens is 3. The quantitative estimate of drug-likeness (QED) is 0.625. The van der Waals surface area contributed by atoms with Gasteiger partial charge in [-0.1, -0.05) is 31.7 Å². The number of amidine groups is 1. The zero-order chi connectivity index (χ0) is 22.1. The van der Waals surface area contributed by atoms with Gasteiger partial charge < -0.3 is 10.6 Å². The van der Waals surface area contributed by atoms with Crippen LogP contribution in [0.1, 0.15) is 19.4 Å². The molecule has 1 aromatic heterocycles. The summed E-state index contributed by atoms with van der Waals surface area (Å²) in [5.74, 6) is -5.11. The third-order valence-electron chi connectivity index (χ3n) is 3.85. The summed E-state index contributed by atoms with van der Waals surface area (Å²) in [6, 6.07) is 3.09. The summed E-state index contributed by atoms with van der Waals surface area (Å²) in [5.41, 5.74) is -1.49. The molecule has 0 bridgehead atoms. The first-order valence-electron chi connectivity index (χ1n) is 8.54. The number of hydrogen-bond acceptors (Lipinski definition) is 6. The van der Waals surface area contributed by atoms with Gasteiger partial charge in [0.2, 0.25) is 11.8 Å². The van der Waals surface area contributed by atoms with Crippen LogP contribution in [-0.2, 0) is 20.6 Å². The van der Waals surface area contributed by atoms with Gasteiger partial charge in [0.05, 0.1) is 17.4 Å². The maximum absolute atomic E-state index is 13.5. The average Bonchev–Trinajstić information content (AvgIpc) is 3.14. The van der Waals surface area contributed by atoms with Crippen LogP contribution in [0.15, 0.2) is 29.4 Å². The highest BCUT2D eigenvalue weighted by atomic mass is 32.2. The minimum absolute atomic E-state index is 0.0137. The summed E-state index contributed by atoms with van der Waals surface area (Å²) in [6.07, 6.45) is -3.58. The number of alkyl halides is 3. The van der Waals surface area contributed by atoms with Crippen LogP contribution < -0.4 is 10.6 Å². The Morgan fingerprint density at radius 1 is 1.27 bits per heavy atom. The lowest BCUT2D eigenvalue weighted by Gasteiger charge is -2.21. The van der Waals surface area contributed by atoms with E-state index in [4.69, 9.17) is 0 Å². The largest absolute Gasteiger partial charge is 0.418 e. The molecule has 0 radical (unpaired) electrons. The van der Waals surface area contributed by atoms with E-state index in [1.165, 1.54) is 12.3 Å². The Morgan fingerprint density at radius 2 is 2.00 bits per heavy atom. The molecule has 3 N–H and O–H groups in total. The molecule has 3 amide bonds. The number of rotatable bonds is 4. The first kappa shape index (κ1) is 21.5. The van der Waals surface area contributed by atoms with Crippen molar-refractivity contribution >= 4 is 40.3 Å². The second-order valence-corrected chi connectivity index (χ2v) is 8.01. The molecule has 0 fully saturated rings. The van der Waals surface area contributed by atoms with Gasteiger partial charge in [-0.2, -0.15) is 33.6 Å². The third-order valence-corrected chi connectivity index (χ3v) is 4.74. The SMILES string of the molecule is CC(C)SC1=NC(=O)C(C(=O)Nc2ccc(-c3cn[nH]n3)cc2C(F)(F)F)C(=O)N1. The molecule has 158 valence electrons. The van der Waals surface area contributed by atoms with E-state index in [1.54, 1.807) is 0 Å². The monoisotopic (exact) mass is 440 g/mol. The highest BCUT2D eigenvalue weighted by Crippen LogP contribution is 2.37. The Morgan fingerprint density at radius 3 is 2.57 bits per heavy atom. The molecule has 2 heterocycles. The first-order valence-corrected chi connectivity index (χ1v) is 9.42. The molecule has 1 aliphatic rings. The summed E-state index contributed by atoms with van der Waals surface area (Å²) < 4.78 is 40.6. The summed E-state index contributed by atoms with van der Waals surface area (Å²) in [5, 5.41) is 13.9. The van der Waals surface area contributed by atoms with Crippen LogP contribution in [-0.4, -0.2) is 43.5 Å². The van der Waals surface area contributed by atoms with Gasteiger partial charge >= 0.3 is 6.18 Å². The second kappa shape index (κ2) is 8.26. The smallest absolute Gasteiger partial charge is 0.324 e. The van der Waals surface area contributed by atoms with Crippen LogP contribution in [0.5, 0.6) is 0 Å². The molecule has 1 aromatic carbocycles. The number of aromatic nitrogens is 3. The topological polar surface area (TPSA) is 129 Å². The van der Waals surface area contributed by atoms with Gasteiger partial charge in [-0.3, -0.25) is 14.4 Å². The minimum atomic E-state index is -4.82. The highest BCUT2D eigenvalue weighted by Gasteiger charge is 2.40. The fraction of sp³-hybridized carbons (Fsp3) is 0.294. The molecule has 0 saturated carbocycles. The molecule has 30 heavy (non-hydrogen) atoms. The molecule has 1 unspecified atom stereocenters. The van der Waals surface area contributed by atoms with Crippen molar-refractivity contribution in [2.75, 3.05) is 5.32 Å². The molecule has 9 nitrogen and oxygen atoms in total. The Balaban J connectivity index is 1.87. The fourth-order valence-electron chi connectivity index (χ4n) is 2.59. The van der Waals surface area contributed by atoms with E-state index in [9.17, 15) is 27.6 Å². The number of H-pyrrole nitrogens is 1. The Labute approximate surface area is 171 Å². The van der Waals surface area contributed by atoms with E-state index in [2.05, 4.69) is 25.7 Å². The third kappa shape index (κ3) is 4.67. The Hall–Kier alpha value is -3.22. The maximum Gasteiger partial charge on any atom is 0.418 e. The predicted molar refractivity (Wildman–Crippen MR) is 102 cm³/mol. The van der Waals surface area contributed by atoms with E-state index in [-0.39, 0.29) is 21.7 Å². The number of benzene rings is 1. The van der Waals surface area contributed by atoms with E-state index < -0.39 is 41.1 Å². The van der Waals surface area contributed by atoms with E-state index in [1.807, 2.05) is 19.2 Å². The molecule has 2 aromatic rings. The molecule has 1 atom stereocenters. The number of anilines is 1. The zero-order valence-corrected chi connectivity index (χ0v) is 16.4. The molecule has 0 spiro atoms. The van der Waals surface area contributed by atoms with Crippen molar-refractivity contribution in [3.05, 3.63) is 30.0 Å². The van der Waals surface area contributed by atoms with Crippen molar-refractivity contribution in [2.45, 2.75) is 25.3 Å². The van der Waals surface area contributed by atoms with Crippen molar-refractivity contribution in [3.8, 4) is 11.3 Å². The molecular weight excluding hydrogens is 425 g/mol. The number of nitrogens with zero attached hydrogens (tertiary/aromatic N) is 3. The van der Waals surface area contributed by atoms with Crippen molar-refractivity contribution in [1.82, 2.24) is 20.7 Å². The molecule has 0 aliphatic carbocycles. The molecular formula is C17H15F3N6O3S. The van der Waals surface area contributed by atoms with Crippen LogP contribution in [0.3, 0.4) is 0 Å². The van der Waals surface area contributed by atoms with Gasteiger partial charge in [0.1, 0.15) is 5.69 Å². The summed E-state index contributed by atoms with van der Waals surface area (Å²) in [6.45, 7) is 3.62. The Kier molecular flexibility index (Phi) is 5.92. The summed E-state index contributed by atoms with van der Waals surface area (Å²) in [7, 11) is 0. The number of carbonyl (C=O) groups excluding carboxylic acids is 3. The zero-order valence-electron chi connectivity index (χ0n) is 15.6. The number of hydrogen-bond donors (Lipinski definition) is 3. The van der Waals surface area contributed by atoms with Crippen molar-refractivity contribution < 1.29 is 27.6 Å². The lowest BCUT2D eigenvalue weighted by atomic mass is 10.0. The molecule has 1 aliphatic heterocycles. The van der Waals surface area contributed by atoms with Crippen molar-refractivity contribution in [2.24, 2.45) is 10.9 Å². The standard InChI is InChI=1S/C17H15F3N6O3S/c1-7(2)30-16-23-14(28)12(15(29)24-16)13(27)22-10-4-3-8(11-6-21-26-25-11)5-9(10)17(18,19)20/h3-7,12H,1-2H3,(H,22,27)(H,21,25,26)(H,23,24,28,29). The van der Waals surface area contributed by atoms with E-state index in [0.717, 1.165) is 23.9 Å². The fourth-order valence-corrected chi connectivity index (χ4v) is 3.33. The molecule has 13 heteroatoms. The van der Waals surface area contributed by atoms with Crippen LogP contribution in [0, 0.1) is 5.92 Å². The van der Waals surface area contributed by atoms with Gasteiger partial charge in [-0.15, -0.1) is 0 Å².